The molecule has 124 valence electrons. The molecule has 0 saturated carbocycles. The average molecular weight is 314 g/mol. The zero-order valence-corrected chi connectivity index (χ0v) is 14.5. The first-order valence-corrected chi connectivity index (χ1v) is 8.06. The molecule has 1 aromatic carbocycles. The van der Waals surface area contributed by atoms with Crippen LogP contribution < -0.4 is 5.32 Å². The van der Waals surface area contributed by atoms with E-state index >= 15 is 0 Å². The van der Waals surface area contributed by atoms with Gasteiger partial charge in [-0.25, -0.2) is 4.99 Å². The van der Waals surface area contributed by atoms with Crippen LogP contribution in [0.2, 0.25) is 0 Å². The second kappa shape index (κ2) is 8.31. The number of guanidine groups is 1. The molecule has 2 aromatic rings. The van der Waals surface area contributed by atoms with Gasteiger partial charge in [-0.2, -0.15) is 0 Å². The number of benzene rings is 1. The van der Waals surface area contributed by atoms with Crippen LogP contribution in [0, 0.1) is 6.92 Å². The van der Waals surface area contributed by atoms with E-state index in [1.807, 2.05) is 4.57 Å². The summed E-state index contributed by atoms with van der Waals surface area (Å²) in [6.45, 7) is 9.31. The molecule has 1 aromatic heterocycles. The number of aryl methyl sites for hydroxylation is 2. The van der Waals surface area contributed by atoms with Gasteiger partial charge in [0.2, 0.25) is 0 Å². The summed E-state index contributed by atoms with van der Waals surface area (Å²) in [5.74, 6) is 1.76. The molecule has 0 unspecified atom stereocenters. The Hall–Kier alpha value is -2.37. The Morgan fingerprint density at radius 3 is 2.78 bits per heavy atom. The molecule has 1 heterocycles. The molecule has 0 aliphatic heterocycles. The van der Waals surface area contributed by atoms with Crippen LogP contribution >= 0.6 is 0 Å². The number of aliphatic imine (C=N–C) groups is 1. The summed E-state index contributed by atoms with van der Waals surface area (Å²) < 4.78 is 2.01. The highest BCUT2D eigenvalue weighted by atomic mass is 15.3. The first kappa shape index (κ1) is 17.0. The second-order valence-electron chi connectivity index (χ2n) is 5.49. The van der Waals surface area contributed by atoms with Gasteiger partial charge in [0.25, 0.3) is 0 Å². The Labute approximate surface area is 138 Å². The summed E-state index contributed by atoms with van der Waals surface area (Å²) in [7, 11) is 2.05. The summed E-state index contributed by atoms with van der Waals surface area (Å²) in [4.78, 5) is 6.84. The molecule has 0 amide bonds. The molecular formula is C17H26N6. The number of hydrogen-bond acceptors (Lipinski definition) is 3. The van der Waals surface area contributed by atoms with E-state index in [0.717, 1.165) is 31.4 Å². The van der Waals surface area contributed by atoms with Crippen molar-refractivity contribution in [3.05, 3.63) is 47.5 Å². The number of aromatic nitrogens is 3. The van der Waals surface area contributed by atoms with Crippen molar-refractivity contribution in [1.82, 2.24) is 25.0 Å². The number of nitrogens with zero attached hydrogens (tertiary/aromatic N) is 5. The third kappa shape index (κ3) is 4.55. The molecule has 0 saturated heterocycles. The number of rotatable bonds is 6. The minimum absolute atomic E-state index is 0.522. The minimum Gasteiger partial charge on any atom is -0.357 e. The van der Waals surface area contributed by atoms with E-state index in [1.54, 1.807) is 6.33 Å². The fourth-order valence-corrected chi connectivity index (χ4v) is 2.40. The summed E-state index contributed by atoms with van der Waals surface area (Å²) in [6.07, 6.45) is 1.74. The minimum atomic E-state index is 0.522. The van der Waals surface area contributed by atoms with E-state index in [-0.39, 0.29) is 0 Å². The van der Waals surface area contributed by atoms with E-state index < -0.39 is 0 Å². The predicted molar refractivity (Wildman–Crippen MR) is 93.2 cm³/mol. The molecule has 0 atom stereocenters. The highest BCUT2D eigenvalue weighted by Gasteiger charge is 2.09. The van der Waals surface area contributed by atoms with Crippen molar-refractivity contribution in [1.29, 1.82) is 0 Å². The summed E-state index contributed by atoms with van der Waals surface area (Å²) in [6, 6.07) is 8.43. The van der Waals surface area contributed by atoms with Crippen molar-refractivity contribution in [2.45, 2.75) is 40.4 Å². The SMILES string of the molecule is CCNC(=NCc1nncn1CC)N(C)Cc1ccccc1C. The van der Waals surface area contributed by atoms with Crippen LogP contribution in [0.4, 0.5) is 0 Å². The van der Waals surface area contributed by atoms with Crippen molar-refractivity contribution < 1.29 is 0 Å². The average Bonchev–Trinajstić information content (AvgIpc) is 3.01. The van der Waals surface area contributed by atoms with Gasteiger partial charge in [0.1, 0.15) is 12.9 Å². The molecule has 23 heavy (non-hydrogen) atoms. The van der Waals surface area contributed by atoms with Crippen LogP contribution in [0.25, 0.3) is 0 Å². The van der Waals surface area contributed by atoms with E-state index in [4.69, 9.17) is 4.99 Å². The third-order valence-corrected chi connectivity index (χ3v) is 3.77. The largest absolute Gasteiger partial charge is 0.357 e. The second-order valence-corrected chi connectivity index (χ2v) is 5.49. The van der Waals surface area contributed by atoms with E-state index in [9.17, 15) is 0 Å². The molecule has 0 fully saturated rings. The van der Waals surface area contributed by atoms with Gasteiger partial charge in [-0.3, -0.25) is 0 Å². The molecule has 0 aliphatic carbocycles. The van der Waals surface area contributed by atoms with Crippen LogP contribution in [0.3, 0.4) is 0 Å². The maximum absolute atomic E-state index is 4.70. The topological polar surface area (TPSA) is 58.3 Å². The lowest BCUT2D eigenvalue weighted by atomic mass is 10.1. The van der Waals surface area contributed by atoms with Gasteiger partial charge in [0, 0.05) is 26.7 Å². The first-order valence-electron chi connectivity index (χ1n) is 8.06. The molecule has 0 bridgehead atoms. The van der Waals surface area contributed by atoms with Crippen molar-refractivity contribution in [3.63, 3.8) is 0 Å². The maximum Gasteiger partial charge on any atom is 0.194 e. The van der Waals surface area contributed by atoms with Gasteiger partial charge >= 0.3 is 0 Å². The van der Waals surface area contributed by atoms with E-state index in [1.165, 1.54) is 11.1 Å². The Morgan fingerprint density at radius 1 is 1.30 bits per heavy atom. The van der Waals surface area contributed by atoms with Gasteiger partial charge in [0.05, 0.1) is 0 Å². The maximum atomic E-state index is 4.70. The Balaban J connectivity index is 2.10. The Kier molecular flexibility index (Phi) is 6.14. The fourth-order valence-electron chi connectivity index (χ4n) is 2.40. The lowest BCUT2D eigenvalue weighted by Crippen LogP contribution is -2.38. The van der Waals surface area contributed by atoms with Crippen LogP contribution in [0.15, 0.2) is 35.6 Å². The number of nitrogens with one attached hydrogen (secondary N) is 1. The summed E-state index contributed by atoms with van der Waals surface area (Å²) >= 11 is 0. The van der Waals surface area contributed by atoms with Crippen LogP contribution in [-0.2, 0) is 19.6 Å². The molecule has 6 heteroatoms. The molecule has 1 N–H and O–H groups in total. The Morgan fingerprint density at radius 2 is 2.09 bits per heavy atom. The van der Waals surface area contributed by atoms with Gasteiger partial charge < -0.3 is 14.8 Å². The zero-order chi connectivity index (χ0) is 16.7. The zero-order valence-electron chi connectivity index (χ0n) is 14.5. The van der Waals surface area contributed by atoms with Gasteiger partial charge in [-0.1, -0.05) is 24.3 Å². The van der Waals surface area contributed by atoms with Crippen LogP contribution in [0.1, 0.15) is 30.8 Å². The monoisotopic (exact) mass is 314 g/mol. The highest BCUT2D eigenvalue weighted by Crippen LogP contribution is 2.10. The normalized spacial score (nSPS) is 11.6. The molecule has 0 aliphatic rings. The standard InChI is InChI=1S/C17H26N6/c1-5-18-17(19-11-16-21-20-13-23(16)6-2)22(4)12-15-10-8-7-9-14(15)3/h7-10,13H,5-6,11-12H2,1-4H3,(H,18,19). The van der Waals surface area contributed by atoms with E-state index in [2.05, 4.69) is 72.5 Å². The van der Waals surface area contributed by atoms with Gasteiger partial charge in [-0.15, -0.1) is 10.2 Å². The van der Waals surface area contributed by atoms with Crippen molar-refractivity contribution in [3.8, 4) is 0 Å². The van der Waals surface area contributed by atoms with Crippen LogP contribution in [-0.4, -0.2) is 39.2 Å². The van der Waals surface area contributed by atoms with Crippen molar-refractivity contribution in [2.75, 3.05) is 13.6 Å². The summed E-state index contributed by atoms with van der Waals surface area (Å²) in [5, 5.41) is 11.4. The van der Waals surface area contributed by atoms with Crippen molar-refractivity contribution >= 4 is 5.96 Å². The van der Waals surface area contributed by atoms with Crippen LogP contribution in [0.5, 0.6) is 0 Å². The smallest absolute Gasteiger partial charge is 0.194 e. The fraction of sp³-hybridized carbons (Fsp3) is 0.471. The molecule has 6 nitrogen and oxygen atoms in total. The molecule has 2 rings (SSSR count). The highest BCUT2D eigenvalue weighted by molar-refractivity contribution is 5.79. The van der Waals surface area contributed by atoms with Gasteiger partial charge in [0.15, 0.2) is 11.8 Å². The third-order valence-electron chi connectivity index (χ3n) is 3.77. The molecule has 0 spiro atoms. The number of hydrogen-bond donors (Lipinski definition) is 1. The predicted octanol–water partition coefficient (Wildman–Crippen LogP) is 2.20. The van der Waals surface area contributed by atoms with E-state index in [0.29, 0.717) is 6.54 Å². The Bertz CT molecular complexity index is 646. The van der Waals surface area contributed by atoms with Crippen molar-refractivity contribution in [2.24, 2.45) is 4.99 Å². The summed E-state index contributed by atoms with van der Waals surface area (Å²) in [5.41, 5.74) is 2.60. The lowest BCUT2D eigenvalue weighted by Gasteiger charge is -2.23. The molecular weight excluding hydrogens is 288 g/mol. The van der Waals surface area contributed by atoms with Gasteiger partial charge in [-0.05, 0) is 31.9 Å². The lowest BCUT2D eigenvalue weighted by molar-refractivity contribution is 0.474. The first-order chi connectivity index (χ1) is 11.2. The molecule has 0 radical (unpaired) electrons. The quantitative estimate of drug-likeness (QED) is 0.656.